The molecular weight excluding hydrogens is 340 g/mol. The predicted octanol–water partition coefficient (Wildman–Crippen LogP) is 3.55. The Kier molecular flexibility index (Phi) is 4.14. The van der Waals surface area contributed by atoms with Crippen LogP contribution in [-0.4, -0.2) is 42.1 Å². The van der Waals surface area contributed by atoms with Gasteiger partial charge in [0.05, 0.1) is 5.54 Å². The summed E-state index contributed by atoms with van der Waals surface area (Å²) in [5, 5.41) is 2.87. The second kappa shape index (κ2) is 6.54. The Bertz CT molecular complexity index is 726. The normalized spacial score (nSPS) is 31.2. The molecule has 2 heterocycles. The monoisotopic (exact) mass is 368 g/mol. The molecule has 0 unspecified atom stereocenters. The second-order valence-corrected chi connectivity index (χ2v) is 8.98. The van der Waals surface area contributed by atoms with Crippen molar-refractivity contribution in [2.24, 2.45) is 5.92 Å². The smallest absolute Gasteiger partial charge is 0.407 e. The van der Waals surface area contributed by atoms with Gasteiger partial charge in [0.1, 0.15) is 6.61 Å². The molecule has 27 heavy (non-hydrogen) atoms. The van der Waals surface area contributed by atoms with E-state index in [1.807, 2.05) is 4.90 Å². The molecule has 2 saturated carbocycles. The molecule has 1 aromatic carbocycles. The second-order valence-electron chi connectivity index (χ2n) is 8.98. The molecule has 2 amide bonds. The number of hydrogen-bond acceptors (Lipinski definition) is 3. The van der Waals surface area contributed by atoms with Gasteiger partial charge >= 0.3 is 6.09 Å². The van der Waals surface area contributed by atoms with Crippen LogP contribution in [0.5, 0.6) is 0 Å². The minimum absolute atomic E-state index is 0.0466. The number of carbonyl (C=O) groups is 2. The minimum Gasteiger partial charge on any atom is -0.447 e. The standard InChI is InChI=1S/C22H28N2O3/c25-20(19-12-22(13-19)14-27-21(26)23-22)24-10-8-18(9-11-24)17-6-4-16(5-7-17)15-2-1-3-15/h4-7,15,18-19H,1-3,8-14H2,(H,23,26). The maximum absolute atomic E-state index is 12.8. The van der Waals surface area contributed by atoms with Crippen LogP contribution in [0.1, 0.15) is 67.9 Å². The fourth-order valence-corrected chi connectivity index (χ4v) is 5.24. The van der Waals surface area contributed by atoms with E-state index >= 15 is 0 Å². The summed E-state index contributed by atoms with van der Waals surface area (Å²) in [5.74, 6) is 1.67. The molecule has 1 N–H and O–H groups in total. The van der Waals surface area contributed by atoms with Crippen molar-refractivity contribution in [2.45, 2.75) is 62.3 Å². The number of ether oxygens (including phenoxy) is 1. The molecule has 5 rings (SSSR count). The highest BCUT2D eigenvalue weighted by molar-refractivity contribution is 5.81. The average Bonchev–Trinajstić information content (AvgIpc) is 3.02. The van der Waals surface area contributed by atoms with Gasteiger partial charge < -0.3 is 15.0 Å². The molecule has 2 aliphatic heterocycles. The van der Waals surface area contributed by atoms with Gasteiger partial charge in [0, 0.05) is 19.0 Å². The molecule has 1 aromatic rings. The number of nitrogens with one attached hydrogen (secondary N) is 1. The van der Waals surface area contributed by atoms with Crippen LogP contribution in [0.2, 0.25) is 0 Å². The van der Waals surface area contributed by atoms with Crippen molar-refractivity contribution in [1.29, 1.82) is 0 Å². The molecular formula is C22H28N2O3. The SMILES string of the molecule is O=C1NC2(CO1)CC(C(=O)N1CCC(c3ccc(C4CCC4)cc3)CC1)C2. The lowest BCUT2D eigenvalue weighted by atomic mass is 9.68. The number of rotatable bonds is 3. The van der Waals surface area contributed by atoms with Crippen molar-refractivity contribution < 1.29 is 14.3 Å². The Morgan fingerprint density at radius 1 is 1.00 bits per heavy atom. The van der Waals surface area contributed by atoms with Crippen molar-refractivity contribution in [3.63, 3.8) is 0 Å². The van der Waals surface area contributed by atoms with Gasteiger partial charge in [-0.1, -0.05) is 30.7 Å². The molecule has 1 spiro atoms. The number of alkyl carbamates (subject to hydrolysis) is 1. The van der Waals surface area contributed by atoms with Gasteiger partial charge in [-0.05, 0) is 61.5 Å². The summed E-state index contributed by atoms with van der Waals surface area (Å²) in [5.41, 5.74) is 2.66. The summed E-state index contributed by atoms with van der Waals surface area (Å²) in [6.07, 6.45) is 7.26. The van der Waals surface area contributed by atoms with E-state index in [1.54, 1.807) is 0 Å². The summed E-state index contributed by atoms with van der Waals surface area (Å²) in [6, 6.07) is 9.27. The minimum atomic E-state index is -0.343. The molecule has 2 aliphatic carbocycles. The van der Waals surface area contributed by atoms with Crippen LogP contribution in [0.25, 0.3) is 0 Å². The molecule has 144 valence electrons. The van der Waals surface area contributed by atoms with E-state index in [1.165, 1.54) is 30.4 Å². The van der Waals surface area contributed by atoms with Crippen LogP contribution in [-0.2, 0) is 9.53 Å². The average molecular weight is 368 g/mol. The molecule has 5 heteroatoms. The van der Waals surface area contributed by atoms with Gasteiger partial charge in [-0.25, -0.2) is 4.79 Å². The lowest BCUT2D eigenvalue weighted by Crippen LogP contribution is -2.58. The van der Waals surface area contributed by atoms with Crippen molar-refractivity contribution in [3.05, 3.63) is 35.4 Å². The third-order valence-corrected chi connectivity index (χ3v) is 7.26. The maximum atomic E-state index is 12.8. The van der Waals surface area contributed by atoms with E-state index in [0.717, 1.165) is 44.7 Å². The summed E-state index contributed by atoms with van der Waals surface area (Å²) in [6.45, 7) is 2.11. The summed E-state index contributed by atoms with van der Waals surface area (Å²) < 4.78 is 5.01. The highest BCUT2D eigenvalue weighted by Gasteiger charge is 2.53. The number of piperidine rings is 1. The molecule has 0 bridgehead atoms. The number of amides is 2. The van der Waals surface area contributed by atoms with Crippen molar-refractivity contribution >= 4 is 12.0 Å². The zero-order valence-corrected chi connectivity index (χ0v) is 15.8. The molecule has 0 aromatic heterocycles. The largest absolute Gasteiger partial charge is 0.447 e. The molecule has 2 saturated heterocycles. The van der Waals surface area contributed by atoms with Gasteiger partial charge in [-0.15, -0.1) is 0 Å². The van der Waals surface area contributed by atoms with E-state index in [2.05, 4.69) is 29.6 Å². The lowest BCUT2D eigenvalue weighted by Gasteiger charge is -2.45. The molecule has 0 atom stereocenters. The zero-order valence-electron chi connectivity index (χ0n) is 15.8. The van der Waals surface area contributed by atoms with Gasteiger partial charge in [0.2, 0.25) is 5.91 Å². The fourth-order valence-electron chi connectivity index (χ4n) is 5.24. The predicted molar refractivity (Wildman–Crippen MR) is 102 cm³/mol. The van der Waals surface area contributed by atoms with Gasteiger partial charge in [-0.3, -0.25) is 4.79 Å². The highest BCUT2D eigenvalue weighted by atomic mass is 16.6. The van der Waals surface area contributed by atoms with Crippen molar-refractivity contribution in [1.82, 2.24) is 10.2 Å². The first kappa shape index (κ1) is 17.1. The highest BCUT2D eigenvalue weighted by Crippen LogP contribution is 2.42. The number of carbonyl (C=O) groups excluding carboxylic acids is 2. The van der Waals surface area contributed by atoms with E-state index in [-0.39, 0.29) is 23.5 Å². The summed E-state index contributed by atoms with van der Waals surface area (Å²) in [7, 11) is 0. The Labute approximate surface area is 160 Å². The van der Waals surface area contributed by atoms with E-state index in [9.17, 15) is 9.59 Å². The van der Waals surface area contributed by atoms with Gasteiger partial charge in [0.15, 0.2) is 0 Å². The first-order valence-corrected chi connectivity index (χ1v) is 10.5. The van der Waals surface area contributed by atoms with E-state index < -0.39 is 0 Å². The van der Waals surface area contributed by atoms with Crippen LogP contribution in [0.3, 0.4) is 0 Å². The Hall–Kier alpha value is -2.04. The van der Waals surface area contributed by atoms with E-state index in [0.29, 0.717) is 12.5 Å². The summed E-state index contributed by atoms with van der Waals surface area (Å²) >= 11 is 0. The number of cyclic esters (lactones) is 1. The quantitative estimate of drug-likeness (QED) is 0.888. The zero-order chi connectivity index (χ0) is 18.4. The molecule has 4 aliphatic rings. The van der Waals surface area contributed by atoms with Crippen LogP contribution >= 0.6 is 0 Å². The van der Waals surface area contributed by atoms with Gasteiger partial charge in [-0.2, -0.15) is 0 Å². The molecule has 5 nitrogen and oxygen atoms in total. The third-order valence-electron chi connectivity index (χ3n) is 7.26. The van der Waals surface area contributed by atoms with Crippen LogP contribution in [0, 0.1) is 5.92 Å². The van der Waals surface area contributed by atoms with Crippen LogP contribution in [0.15, 0.2) is 24.3 Å². The first-order chi connectivity index (χ1) is 13.1. The van der Waals surface area contributed by atoms with Gasteiger partial charge in [0.25, 0.3) is 0 Å². The number of hydrogen-bond donors (Lipinski definition) is 1. The van der Waals surface area contributed by atoms with E-state index in [4.69, 9.17) is 4.74 Å². The number of nitrogens with zero attached hydrogens (tertiary/aromatic N) is 1. The number of benzene rings is 1. The Balaban J connectivity index is 1.13. The van der Waals surface area contributed by atoms with Crippen LogP contribution < -0.4 is 5.32 Å². The first-order valence-electron chi connectivity index (χ1n) is 10.5. The van der Waals surface area contributed by atoms with Crippen molar-refractivity contribution in [3.8, 4) is 0 Å². The fraction of sp³-hybridized carbons (Fsp3) is 0.636. The molecule has 4 fully saturated rings. The number of likely N-dealkylation sites (tertiary alicyclic amines) is 1. The molecule has 0 radical (unpaired) electrons. The maximum Gasteiger partial charge on any atom is 0.407 e. The van der Waals surface area contributed by atoms with Crippen molar-refractivity contribution in [2.75, 3.05) is 19.7 Å². The summed E-state index contributed by atoms with van der Waals surface area (Å²) in [4.78, 5) is 26.1. The lowest BCUT2D eigenvalue weighted by molar-refractivity contribution is -0.142. The third kappa shape index (κ3) is 3.11. The Morgan fingerprint density at radius 3 is 2.07 bits per heavy atom. The Morgan fingerprint density at radius 2 is 1.59 bits per heavy atom. The topological polar surface area (TPSA) is 58.6 Å². The van der Waals surface area contributed by atoms with Crippen LogP contribution in [0.4, 0.5) is 4.79 Å².